The molecule has 0 aliphatic rings. The van der Waals surface area contributed by atoms with Gasteiger partial charge in [0.1, 0.15) is 34.3 Å². The van der Waals surface area contributed by atoms with E-state index >= 15 is 0 Å². The van der Waals surface area contributed by atoms with Crippen LogP contribution >= 0.6 is 0 Å². The zero-order chi connectivity index (χ0) is 39.4. The molecular weight excluding hydrogens is 785 g/mol. The zero-order valence-electron chi connectivity index (χ0n) is 27.0. The molecule has 5 N–H and O–H groups in total. The lowest BCUT2D eigenvalue weighted by molar-refractivity contribution is 0.0696. The number of hydrogen-bond acceptors (Lipinski definition) is 19. The van der Waals surface area contributed by atoms with Crippen LogP contribution in [0.4, 0.5) is 22.7 Å². The fourth-order valence-corrected chi connectivity index (χ4v) is 7.93. The van der Waals surface area contributed by atoms with Gasteiger partial charge in [-0.25, -0.2) is 30.0 Å². The van der Waals surface area contributed by atoms with Crippen molar-refractivity contribution in [3.63, 3.8) is 0 Å². The van der Waals surface area contributed by atoms with Crippen LogP contribution in [0.5, 0.6) is 23.0 Å². The fourth-order valence-electron chi connectivity index (χ4n) is 4.21. The molecule has 3 aromatic carbocycles. The molecule has 0 bridgehead atoms. The topological polar surface area (TPSA) is 341 Å². The summed E-state index contributed by atoms with van der Waals surface area (Å²) in [6.45, 7) is 1.71. The maximum absolute atomic E-state index is 12.8. The van der Waals surface area contributed by atoms with E-state index in [1.54, 1.807) is 0 Å². The molecule has 0 saturated carbocycles. The highest BCUT2D eigenvalue weighted by Gasteiger charge is 2.26. The van der Waals surface area contributed by atoms with Crippen LogP contribution in [0.25, 0.3) is 0 Å². The minimum Gasteiger partial charge on any atom is -0.505 e. The third-order valence-electron chi connectivity index (χ3n) is 6.53. The van der Waals surface area contributed by atoms with Gasteiger partial charge in [-0.1, -0.05) is 0 Å². The first-order chi connectivity index (χ1) is 23.9. The van der Waals surface area contributed by atoms with Crippen molar-refractivity contribution in [3.05, 3.63) is 47.0 Å². The Bertz CT molecular complexity index is 2410. The van der Waals surface area contributed by atoms with Crippen LogP contribution in [-0.4, -0.2) is 96.6 Å². The number of carbonyl (C=O) groups is 1. The first kappa shape index (κ1) is 41.6. The Morgan fingerprint density at radius 1 is 0.673 bits per heavy atom. The molecule has 0 amide bonds. The third kappa shape index (κ3) is 10.4. The Labute approximate surface area is 295 Å². The third-order valence-corrected chi connectivity index (χ3v) is 10.9. The number of aromatic hydroxyl groups is 2. The van der Waals surface area contributed by atoms with Gasteiger partial charge < -0.3 is 24.8 Å². The lowest BCUT2D eigenvalue weighted by Gasteiger charge is -2.12. The molecule has 0 unspecified atom stereocenters. The molecule has 0 aliphatic heterocycles. The second-order valence-corrected chi connectivity index (χ2v) is 16.3. The zero-order valence-corrected chi connectivity index (χ0v) is 30.2. The van der Waals surface area contributed by atoms with E-state index in [1.807, 2.05) is 0 Å². The number of carboxylic acid groups (broad SMARTS) is 1. The second-order valence-electron chi connectivity index (χ2n) is 10.1. The summed E-state index contributed by atoms with van der Waals surface area (Å²) in [5.41, 5.74) is -2.65. The van der Waals surface area contributed by atoms with Gasteiger partial charge in [0.05, 0.1) is 41.9 Å². The molecule has 0 atom stereocenters. The molecule has 52 heavy (non-hydrogen) atoms. The Morgan fingerprint density at radius 3 is 1.58 bits per heavy atom. The summed E-state index contributed by atoms with van der Waals surface area (Å²) < 4.78 is 130. The molecule has 22 nitrogen and oxygen atoms in total. The van der Waals surface area contributed by atoms with E-state index in [2.05, 4.69) is 28.8 Å². The van der Waals surface area contributed by atoms with Crippen molar-refractivity contribution in [3.8, 4) is 23.0 Å². The van der Waals surface area contributed by atoms with Gasteiger partial charge in [0.25, 0.3) is 0 Å². The number of phenols is 2. The highest BCUT2D eigenvalue weighted by atomic mass is 32.3. The Morgan fingerprint density at radius 2 is 1.13 bits per heavy atom. The molecule has 0 radical (unpaired) electrons. The van der Waals surface area contributed by atoms with E-state index in [-0.39, 0.29) is 38.9 Å². The summed E-state index contributed by atoms with van der Waals surface area (Å²) in [7, 11) is -16.4. The van der Waals surface area contributed by atoms with E-state index < -0.39 is 98.1 Å². The van der Waals surface area contributed by atoms with E-state index in [4.69, 9.17) is 18.6 Å². The van der Waals surface area contributed by atoms with Crippen LogP contribution in [0.1, 0.15) is 21.5 Å². The maximum atomic E-state index is 12.8. The highest BCUT2D eigenvalue weighted by Crippen LogP contribution is 2.48. The highest BCUT2D eigenvalue weighted by molar-refractivity contribution is 7.92. The van der Waals surface area contributed by atoms with Crippen LogP contribution in [0.15, 0.2) is 60.6 Å². The van der Waals surface area contributed by atoms with E-state index in [9.17, 15) is 53.8 Å². The largest absolute Gasteiger partial charge is 0.505 e. The SMILES string of the molecule is COc1cc(S(=O)(=O)COS(=O)(=O)O)c(C)cc1N=Nc1c(O)cc(C(=O)O)c(N=Nc2cc(C)c(S(=O)(=O)CCOS(=O)(=O)O)cc2OC)c1O. The van der Waals surface area contributed by atoms with E-state index in [0.29, 0.717) is 6.07 Å². The smallest absolute Gasteiger partial charge is 0.398 e. The Balaban J connectivity index is 2.07. The standard InChI is InChI=1S/C26H28N4O18S4/c1-13-7-16(19(45-3)10-21(13)49(35,36)6-5-47-51(39,40)41)27-29-23-15(26(33)34)9-18(31)24(25(23)32)30-28-17-8-14(2)22(11-20(17)46-4)50(37,38)12-48-52(42,43)44/h7-11,31-32H,5-6,12H2,1-4H3,(H,33,34)(H,39,40,41)(H,42,43,44). The first-order valence-corrected chi connectivity index (χ1v) is 19.7. The van der Waals surface area contributed by atoms with Crippen LogP contribution in [0.3, 0.4) is 0 Å². The van der Waals surface area contributed by atoms with Gasteiger partial charge in [-0.15, -0.1) is 20.5 Å². The first-order valence-electron chi connectivity index (χ1n) is 13.6. The minimum absolute atomic E-state index is 0.0349. The minimum atomic E-state index is -5.10. The molecule has 0 aromatic heterocycles. The average molecular weight is 813 g/mol. The van der Waals surface area contributed by atoms with Crippen molar-refractivity contribution in [2.75, 3.05) is 32.5 Å². The summed E-state index contributed by atoms with van der Waals surface area (Å²) in [5, 5.41) is 46.4. The maximum Gasteiger partial charge on any atom is 0.398 e. The number of nitrogens with zero attached hydrogens (tertiary/aromatic N) is 4. The van der Waals surface area contributed by atoms with Gasteiger partial charge >= 0.3 is 26.8 Å². The molecule has 26 heteroatoms. The second kappa shape index (κ2) is 15.8. The fraction of sp³-hybridized carbons (Fsp3) is 0.269. The molecule has 0 aliphatic carbocycles. The molecule has 0 saturated heterocycles. The monoisotopic (exact) mass is 812 g/mol. The molecule has 0 fully saturated rings. The van der Waals surface area contributed by atoms with Gasteiger partial charge in [0.2, 0.25) is 9.84 Å². The number of benzene rings is 3. The number of sulfone groups is 2. The lowest BCUT2D eigenvalue weighted by atomic mass is 10.1. The number of azo groups is 2. The number of phenolic OH excluding ortho intramolecular Hbond substituents is 2. The molecule has 0 heterocycles. The van der Waals surface area contributed by atoms with Gasteiger partial charge in [-0.05, 0) is 43.2 Å². The molecule has 0 spiro atoms. The number of methoxy groups -OCH3 is 2. The van der Waals surface area contributed by atoms with Crippen molar-refractivity contribution >= 4 is 69.2 Å². The van der Waals surface area contributed by atoms with Crippen LogP contribution in [-0.2, 0) is 48.8 Å². The number of aryl methyl sites for hydroxylation is 2. The summed E-state index contributed by atoms with van der Waals surface area (Å²) in [5.74, 6) is -6.46. The van der Waals surface area contributed by atoms with Crippen molar-refractivity contribution in [2.45, 2.75) is 23.6 Å². The van der Waals surface area contributed by atoms with Crippen molar-refractivity contribution in [1.29, 1.82) is 0 Å². The number of rotatable bonds is 16. The lowest BCUT2D eigenvalue weighted by Crippen LogP contribution is -2.16. The van der Waals surface area contributed by atoms with Crippen molar-refractivity contribution in [2.24, 2.45) is 20.5 Å². The molecule has 284 valence electrons. The van der Waals surface area contributed by atoms with Crippen molar-refractivity contribution < 1.29 is 80.7 Å². The number of carboxylic acids is 1. The quantitative estimate of drug-likeness (QED) is 0.102. The predicted molar refractivity (Wildman–Crippen MR) is 175 cm³/mol. The van der Waals surface area contributed by atoms with Gasteiger partial charge in [0.15, 0.2) is 27.2 Å². The van der Waals surface area contributed by atoms with Crippen LogP contribution < -0.4 is 9.47 Å². The van der Waals surface area contributed by atoms with Crippen LogP contribution in [0, 0.1) is 13.8 Å². The number of ether oxygens (including phenoxy) is 2. The van der Waals surface area contributed by atoms with Crippen molar-refractivity contribution in [1.82, 2.24) is 0 Å². The summed E-state index contributed by atoms with van der Waals surface area (Å²) >= 11 is 0. The predicted octanol–water partition coefficient (Wildman–Crippen LogP) is 3.40. The Hall–Kier alpha value is -4.83. The van der Waals surface area contributed by atoms with E-state index in [1.165, 1.54) is 13.8 Å². The summed E-state index contributed by atoms with van der Waals surface area (Å²) in [4.78, 5) is 11.2. The normalized spacial score (nSPS) is 12.8. The number of hydrogen-bond donors (Lipinski definition) is 5. The summed E-state index contributed by atoms with van der Waals surface area (Å²) in [6.07, 6.45) is 0. The molecule has 3 aromatic rings. The summed E-state index contributed by atoms with van der Waals surface area (Å²) in [6, 6.07) is 4.87. The van der Waals surface area contributed by atoms with Gasteiger partial charge in [-0.3, -0.25) is 9.11 Å². The average Bonchev–Trinajstić information content (AvgIpc) is 3.01. The molecule has 3 rings (SSSR count). The van der Waals surface area contributed by atoms with Crippen LogP contribution in [0.2, 0.25) is 0 Å². The number of aromatic carboxylic acids is 1. The molecular formula is C26H28N4O18S4. The Kier molecular flexibility index (Phi) is 12.7. The van der Waals surface area contributed by atoms with Gasteiger partial charge in [-0.2, -0.15) is 16.8 Å². The van der Waals surface area contributed by atoms with E-state index in [0.717, 1.165) is 38.5 Å². The van der Waals surface area contributed by atoms with Gasteiger partial charge in [0, 0.05) is 12.1 Å².